The topological polar surface area (TPSA) is 68.7 Å². The molecule has 1 aromatic heterocycles. The van der Waals surface area contributed by atoms with Crippen LogP contribution in [0.25, 0.3) is 22.0 Å². The van der Waals surface area contributed by atoms with Gasteiger partial charge < -0.3 is 14.6 Å². The van der Waals surface area contributed by atoms with E-state index in [0.717, 1.165) is 27.6 Å². The summed E-state index contributed by atoms with van der Waals surface area (Å²) >= 11 is 1.63. The monoisotopic (exact) mass is 419 g/mol. The van der Waals surface area contributed by atoms with Crippen molar-refractivity contribution in [3.8, 4) is 22.8 Å². The third-order valence-corrected chi connectivity index (χ3v) is 5.59. The van der Waals surface area contributed by atoms with Gasteiger partial charge in [0.05, 0.1) is 17.3 Å². The van der Waals surface area contributed by atoms with E-state index in [0.29, 0.717) is 18.8 Å². The maximum absolute atomic E-state index is 10.6. The predicted octanol–water partition coefficient (Wildman–Crippen LogP) is 5.36. The van der Waals surface area contributed by atoms with Crippen molar-refractivity contribution >= 4 is 28.1 Å². The molecule has 1 heterocycles. The Morgan fingerprint density at radius 3 is 2.67 bits per heavy atom. The van der Waals surface area contributed by atoms with Crippen molar-refractivity contribution in [3.63, 3.8) is 0 Å². The van der Waals surface area contributed by atoms with E-state index in [4.69, 9.17) is 19.6 Å². The van der Waals surface area contributed by atoms with Crippen LogP contribution in [-0.2, 0) is 11.2 Å². The molecule has 3 aromatic carbocycles. The maximum Gasteiger partial charge on any atom is 0.341 e. The van der Waals surface area contributed by atoms with E-state index in [1.54, 1.807) is 23.5 Å². The first-order valence-corrected chi connectivity index (χ1v) is 10.5. The number of benzene rings is 3. The third-order valence-electron chi connectivity index (χ3n) is 4.68. The van der Waals surface area contributed by atoms with E-state index in [-0.39, 0.29) is 6.61 Å². The van der Waals surface area contributed by atoms with Crippen LogP contribution in [0.1, 0.15) is 10.6 Å². The van der Waals surface area contributed by atoms with Crippen LogP contribution in [0.3, 0.4) is 0 Å². The first-order chi connectivity index (χ1) is 14.6. The minimum absolute atomic E-state index is 0.357. The second-order valence-electron chi connectivity index (χ2n) is 6.90. The van der Waals surface area contributed by atoms with Crippen LogP contribution < -0.4 is 9.47 Å². The van der Waals surface area contributed by atoms with Crippen molar-refractivity contribution in [1.82, 2.24) is 4.98 Å². The van der Waals surface area contributed by atoms with Gasteiger partial charge in [-0.25, -0.2) is 9.78 Å². The Morgan fingerprint density at radius 1 is 1.03 bits per heavy atom. The van der Waals surface area contributed by atoms with E-state index < -0.39 is 5.97 Å². The molecule has 0 bridgehead atoms. The van der Waals surface area contributed by atoms with Gasteiger partial charge in [0.1, 0.15) is 11.5 Å². The van der Waals surface area contributed by atoms with Crippen LogP contribution in [0, 0.1) is 6.92 Å². The summed E-state index contributed by atoms with van der Waals surface area (Å²) in [6.07, 6.45) is 0.717. The zero-order chi connectivity index (χ0) is 20.9. The van der Waals surface area contributed by atoms with Gasteiger partial charge in [-0.1, -0.05) is 36.4 Å². The molecule has 0 saturated heterocycles. The summed E-state index contributed by atoms with van der Waals surface area (Å²) in [5.41, 5.74) is 2.93. The summed E-state index contributed by atoms with van der Waals surface area (Å²) in [5.74, 6) is 0.271. The largest absolute Gasteiger partial charge is 0.493 e. The fourth-order valence-electron chi connectivity index (χ4n) is 3.18. The molecule has 0 fully saturated rings. The minimum Gasteiger partial charge on any atom is -0.493 e. The number of nitrogens with zero attached hydrogens (tertiary/aromatic N) is 1. The van der Waals surface area contributed by atoms with Gasteiger partial charge >= 0.3 is 5.97 Å². The summed E-state index contributed by atoms with van der Waals surface area (Å²) in [7, 11) is 0. The summed E-state index contributed by atoms with van der Waals surface area (Å²) in [6, 6.07) is 20.1. The second kappa shape index (κ2) is 8.97. The van der Waals surface area contributed by atoms with Gasteiger partial charge in [0.15, 0.2) is 6.61 Å². The molecule has 0 atom stereocenters. The molecule has 30 heavy (non-hydrogen) atoms. The maximum atomic E-state index is 10.6. The quantitative estimate of drug-likeness (QED) is 0.417. The van der Waals surface area contributed by atoms with Gasteiger partial charge in [-0.2, -0.15) is 0 Å². The molecule has 0 amide bonds. The number of carboxylic acids is 1. The highest BCUT2D eigenvalue weighted by Crippen LogP contribution is 2.27. The number of rotatable bonds is 8. The number of thiazole rings is 1. The van der Waals surface area contributed by atoms with Gasteiger partial charge in [0.25, 0.3) is 0 Å². The van der Waals surface area contributed by atoms with Crippen LogP contribution in [0.2, 0.25) is 0 Å². The Kier molecular flexibility index (Phi) is 5.95. The summed E-state index contributed by atoms with van der Waals surface area (Å²) in [6.45, 7) is 2.02. The number of carbonyl (C=O) groups is 1. The van der Waals surface area contributed by atoms with Crippen molar-refractivity contribution in [2.24, 2.45) is 0 Å². The predicted molar refractivity (Wildman–Crippen MR) is 119 cm³/mol. The lowest BCUT2D eigenvalue weighted by atomic mass is 10.1. The fourth-order valence-corrected chi connectivity index (χ4v) is 3.96. The Bertz CT molecular complexity index is 1180. The molecule has 152 valence electrons. The molecule has 0 spiro atoms. The van der Waals surface area contributed by atoms with Crippen molar-refractivity contribution in [3.05, 3.63) is 76.6 Å². The van der Waals surface area contributed by atoms with Crippen LogP contribution in [0.5, 0.6) is 11.5 Å². The zero-order valence-electron chi connectivity index (χ0n) is 16.5. The molecule has 5 nitrogen and oxygen atoms in total. The van der Waals surface area contributed by atoms with E-state index in [2.05, 4.69) is 35.7 Å². The van der Waals surface area contributed by atoms with Crippen LogP contribution in [-0.4, -0.2) is 29.3 Å². The number of aryl methyl sites for hydroxylation is 1. The van der Waals surface area contributed by atoms with E-state index in [1.165, 1.54) is 10.8 Å². The molecule has 0 aliphatic heterocycles. The lowest BCUT2D eigenvalue weighted by molar-refractivity contribution is -0.139. The van der Waals surface area contributed by atoms with E-state index in [9.17, 15) is 4.79 Å². The third kappa shape index (κ3) is 4.78. The first kappa shape index (κ1) is 19.9. The number of hydrogen-bond donors (Lipinski definition) is 1. The SMILES string of the molecule is Cc1cc(OCCc2nc(-c3ccc4ccccc4c3)cs2)ccc1OCC(=O)O. The van der Waals surface area contributed by atoms with Gasteiger partial charge in [0.2, 0.25) is 0 Å². The minimum atomic E-state index is -0.999. The van der Waals surface area contributed by atoms with Crippen molar-refractivity contribution in [2.75, 3.05) is 13.2 Å². The summed E-state index contributed by atoms with van der Waals surface area (Å²) in [4.78, 5) is 15.4. The fraction of sp³-hybridized carbons (Fsp3) is 0.167. The average Bonchev–Trinajstić information content (AvgIpc) is 3.21. The molecule has 0 saturated carbocycles. The number of carboxylic acid groups (broad SMARTS) is 1. The smallest absolute Gasteiger partial charge is 0.341 e. The van der Waals surface area contributed by atoms with E-state index >= 15 is 0 Å². The Balaban J connectivity index is 1.35. The van der Waals surface area contributed by atoms with Crippen molar-refractivity contribution in [1.29, 1.82) is 0 Å². The number of aromatic nitrogens is 1. The molecule has 4 rings (SSSR count). The van der Waals surface area contributed by atoms with Crippen molar-refractivity contribution in [2.45, 2.75) is 13.3 Å². The van der Waals surface area contributed by atoms with Gasteiger partial charge in [-0.3, -0.25) is 0 Å². The molecule has 0 unspecified atom stereocenters. The van der Waals surface area contributed by atoms with Gasteiger partial charge in [-0.05, 0) is 47.5 Å². The molecule has 6 heteroatoms. The van der Waals surface area contributed by atoms with Gasteiger partial charge in [-0.15, -0.1) is 11.3 Å². The average molecular weight is 420 g/mol. The molecule has 0 aliphatic rings. The number of fused-ring (bicyclic) bond motifs is 1. The summed E-state index contributed by atoms with van der Waals surface area (Å²) in [5, 5.41) is 14.2. The van der Waals surface area contributed by atoms with Crippen LogP contribution in [0.15, 0.2) is 66.0 Å². The van der Waals surface area contributed by atoms with E-state index in [1.807, 2.05) is 25.1 Å². The normalized spacial score (nSPS) is 10.8. The highest BCUT2D eigenvalue weighted by molar-refractivity contribution is 7.09. The number of aliphatic carboxylic acids is 1. The summed E-state index contributed by atoms with van der Waals surface area (Å²) < 4.78 is 11.1. The van der Waals surface area contributed by atoms with Crippen LogP contribution >= 0.6 is 11.3 Å². The Hall–Kier alpha value is -3.38. The first-order valence-electron chi connectivity index (χ1n) is 9.60. The highest BCUT2D eigenvalue weighted by Gasteiger charge is 2.08. The lowest BCUT2D eigenvalue weighted by Gasteiger charge is -2.10. The lowest BCUT2D eigenvalue weighted by Crippen LogP contribution is -2.10. The zero-order valence-corrected chi connectivity index (χ0v) is 17.3. The molecular weight excluding hydrogens is 398 g/mol. The van der Waals surface area contributed by atoms with Crippen LogP contribution in [0.4, 0.5) is 0 Å². The number of ether oxygens (including phenoxy) is 2. The highest BCUT2D eigenvalue weighted by atomic mass is 32.1. The molecular formula is C24H21NO4S. The Labute approximate surface area is 178 Å². The standard InChI is InChI=1S/C24H21NO4S/c1-16-12-20(8-9-22(16)29-14-24(26)27)28-11-10-23-25-21(15-30-23)19-7-6-17-4-2-3-5-18(17)13-19/h2-9,12-13,15H,10-11,14H2,1H3,(H,26,27). The molecule has 1 N–H and O–H groups in total. The van der Waals surface area contributed by atoms with Gasteiger partial charge in [0, 0.05) is 17.4 Å². The van der Waals surface area contributed by atoms with Crippen molar-refractivity contribution < 1.29 is 19.4 Å². The molecule has 4 aromatic rings. The molecule has 0 radical (unpaired) electrons. The Morgan fingerprint density at radius 2 is 1.87 bits per heavy atom. The second-order valence-corrected chi connectivity index (χ2v) is 7.84. The number of hydrogen-bond acceptors (Lipinski definition) is 5. The molecule has 0 aliphatic carbocycles.